The number of aromatic nitrogens is 2. The number of carbonyl (C=O) groups is 1. The van der Waals surface area contributed by atoms with Gasteiger partial charge in [0.1, 0.15) is 11.6 Å². The molecule has 3 heterocycles. The largest absolute Gasteiger partial charge is 0.497 e. The van der Waals surface area contributed by atoms with Crippen LogP contribution in [0, 0.1) is 0 Å². The molecule has 3 aromatic rings. The number of hydrogen-bond donors (Lipinski definition) is 3. The van der Waals surface area contributed by atoms with Crippen LogP contribution in [0.1, 0.15) is 23.3 Å². The summed E-state index contributed by atoms with van der Waals surface area (Å²) in [6, 6.07) is 15.7. The summed E-state index contributed by atoms with van der Waals surface area (Å²) in [5.74, 6) is 1.42. The SMILES string of the molecule is COc1ccc(N[C@@H]2CCCN(c3cnc(C(N)=O)c(Nc4ccc(N5CCS(=O)(=O)CC5)cc4)n3)C2)cc1. The van der Waals surface area contributed by atoms with E-state index in [-0.39, 0.29) is 23.2 Å². The maximum Gasteiger partial charge on any atom is 0.271 e. The van der Waals surface area contributed by atoms with Crippen LogP contribution in [0.5, 0.6) is 5.75 Å². The lowest BCUT2D eigenvalue weighted by atomic mass is 10.1. The van der Waals surface area contributed by atoms with E-state index in [9.17, 15) is 13.2 Å². The Balaban J connectivity index is 1.28. The van der Waals surface area contributed by atoms with Gasteiger partial charge in [0, 0.05) is 49.3 Å². The average Bonchev–Trinajstić information content (AvgIpc) is 2.94. The van der Waals surface area contributed by atoms with Crippen molar-refractivity contribution in [1.29, 1.82) is 0 Å². The Kier molecular flexibility index (Phi) is 7.73. The van der Waals surface area contributed by atoms with Crippen molar-refractivity contribution < 1.29 is 17.9 Å². The molecule has 2 aliphatic rings. The van der Waals surface area contributed by atoms with E-state index in [2.05, 4.69) is 20.5 Å². The zero-order valence-electron chi connectivity index (χ0n) is 21.8. The zero-order chi connectivity index (χ0) is 27.4. The highest BCUT2D eigenvalue weighted by Gasteiger charge is 2.24. The minimum absolute atomic E-state index is 0.0639. The molecule has 0 radical (unpaired) electrons. The van der Waals surface area contributed by atoms with Gasteiger partial charge in [0.2, 0.25) is 0 Å². The van der Waals surface area contributed by atoms with Crippen LogP contribution >= 0.6 is 0 Å². The molecule has 2 aliphatic heterocycles. The molecule has 2 aromatic carbocycles. The number of nitrogens with two attached hydrogens (primary N) is 1. The van der Waals surface area contributed by atoms with Crippen LogP contribution in [-0.2, 0) is 9.84 Å². The predicted molar refractivity (Wildman–Crippen MR) is 153 cm³/mol. The van der Waals surface area contributed by atoms with Gasteiger partial charge in [0.05, 0.1) is 24.8 Å². The van der Waals surface area contributed by atoms with Crippen molar-refractivity contribution in [3.63, 3.8) is 0 Å². The number of carbonyl (C=O) groups excluding carboxylic acids is 1. The van der Waals surface area contributed by atoms with Crippen LogP contribution in [0.4, 0.5) is 28.7 Å². The molecule has 0 bridgehead atoms. The first-order valence-electron chi connectivity index (χ1n) is 12.9. The van der Waals surface area contributed by atoms with E-state index in [1.165, 1.54) is 0 Å². The molecule has 12 heteroatoms. The second-order valence-corrected chi connectivity index (χ2v) is 12.1. The minimum atomic E-state index is -2.95. The summed E-state index contributed by atoms with van der Waals surface area (Å²) in [6.07, 6.45) is 3.60. The lowest BCUT2D eigenvalue weighted by Crippen LogP contribution is -2.42. The molecule has 2 fully saturated rings. The normalized spacial score (nSPS) is 18.8. The number of primary amides is 1. The summed E-state index contributed by atoms with van der Waals surface area (Å²) in [5.41, 5.74) is 8.34. The van der Waals surface area contributed by atoms with Crippen molar-refractivity contribution in [2.24, 2.45) is 5.73 Å². The first kappa shape index (κ1) is 26.5. The van der Waals surface area contributed by atoms with Crippen LogP contribution in [0.3, 0.4) is 0 Å². The van der Waals surface area contributed by atoms with Crippen molar-refractivity contribution in [2.75, 3.05) is 65.2 Å². The number of ether oxygens (including phenoxy) is 1. The molecule has 11 nitrogen and oxygen atoms in total. The van der Waals surface area contributed by atoms with E-state index in [4.69, 9.17) is 15.5 Å². The third-order valence-corrected chi connectivity index (χ3v) is 8.65. The minimum Gasteiger partial charge on any atom is -0.497 e. The Hall–Kier alpha value is -4.06. The van der Waals surface area contributed by atoms with E-state index in [1.807, 2.05) is 53.4 Å². The second kappa shape index (κ2) is 11.4. The van der Waals surface area contributed by atoms with Crippen molar-refractivity contribution in [3.8, 4) is 5.75 Å². The van der Waals surface area contributed by atoms with Gasteiger partial charge in [0.25, 0.3) is 5.91 Å². The fourth-order valence-corrected chi connectivity index (χ4v) is 6.09. The monoisotopic (exact) mass is 551 g/mol. The number of methoxy groups -OCH3 is 1. The predicted octanol–water partition coefficient (Wildman–Crippen LogP) is 2.64. The molecule has 1 atom stereocenters. The van der Waals surface area contributed by atoms with E-state index in [0.29, 0.717) is 24.7 Å². The number of anilines is 5. The fraction of sp³-hybridized carbons (Fsp3) is 0.370. The third-order valence-electron chi connectivity index (χ3n) is 7.04. The third kappa shape index (κ3) is 6.51. The summed E-state index contributed by atoms with van der Waals surface area (Å²) in [6.45, 7) is 2.50. The van der Waals surface area contributed by atoms with E-state index in [1.54, 1.807) is 13.3 Å². The van der Waals surface area contributed by atoms with E-state index in [0.717, 1.165) is 48.7 Å². The van der Waals surface area contributed by atoms with Crippen LogP contribution in [0.2, 0.25) is 0 Å². The number of nitrogens with one attached hydrogen (secondary N) is 2. The standard InChI is InChI=1S/C27H33N7O4S/c1-38-23-10-6-19(7-11-23)30-21-3-2-12-34(18-21)24-17-29-25(26(28)35)27(32-24)31-20-4-8-22(9-5-20)33-13-15-39(36,37)16-14-33/h4-11,17,21,30H,2-3,12-16,18H2,1H3,(H2,28,35)(H,31,32)/t21-/m1/s1. The van der Waals surface area contributed by atoms with Crippen LogP contribution in [0.15, 0.2) is 54.7 Å². The average molecular weight is 552 g/mol. The lowest BCUT2D eigenvalue weighted by Gasteiger charge is -2.34. The molecule has 0 unspecified atom stereocenters. The summed E-state index contributed by atoms with van der Waals surface area (Å²) in [4.78, 5) is 25.4. The topological polar surface area (TPSA) is 143 Å². The summed E-state index contributed by atoms with van der Waals surface area (Å²) in [5, 5.41) is 6.78. The quantitative estimate of drug-likeness (QED) is 0.382. The van der Waals surface area contributed by atoms with Gasteiger partial charge in [-0.2, -0.15) is 0 Å². The summed E-state index contributed by atoms with van der Waals surface area (Å²) in [7, 11) is -1.30. The van der Waals surface area contributed by atoms with Crippen molar-refractivity contribution in [3.05, 3.63) is 60.4 Å². The second-order valence-electron chi connectivity index (χ2n) is 9.76. The Morgan fingerprint density at radius 3 is 2.36 bits per heavy atom. The fourth-order valence-electron chi connectivity index (χ4n) is 4.89. The molecule has 1 aromatic heterocycles. The van der Waals surface area contributed by atoms with Crippen LogP contribution in [-0.4, -0.2) is 75.1 Å². The van der Waals surface area contributed by atoms with Crippen molar-refractivity contribution >= 4 is 44.4 Å². The van der Waals surface area contributed by atoms with E-state index >= 15 is 0 Å². The Bertz CT molecular complexity index is 1400. The number of benzene rings is 2. The Morgan fingerprint density at radius 1 is 1.00 bits per heavy atom. The molecule has 2 saturated heterocycles. The van der Waals surface area contributed by atoms with Gasteiger partial charge in [-0.15, -0.1) is 0 Å². The smallest absolute Gasteiger partial charge is 0.271 e. The highest BCUT2D eigenvalue weighted by molar-refractivity contribution is 7.91. The molecule has 206 valence electrons. The first-order chi connectivity index (χ1) is 18.8. The van der Waals surface area contributed by atoms with Gasteiger partial charge in [-0.3, -0.25) is 4.79 Å². The molecule has 0 aliphatic carbocycles. The molecule has 5 rings (SSSR count). The summed E-state index contributed by atoms with van der Waals surface area (Å²) < 4.78 is 28.7. The highest BCUT2D eigenvalue weighted by Crippen LogP contribution is 2.26. The van der Waals surface area contributed by atoms with Crippen molar-refractivity contribution in [2.45, 2.75) is 18.9 Å². The van der Waals surface area contributed by atoms with Crippen molar-refractivity contribution in [1.82, 2.24) is 9.97 Å². The number of hydrogen-bond acceptors (Lipinski definition) is 10. The highest BCUT2D eigenvalue weighted by atomic mass is 32.2. The molecule has 0 saturated carbocycles. The Morgan fingerprint density at radius 2 is 1.69 bits per heavy atom. The molecular formula is C27H33N7O4S. The summed E-state index contributed by atoms with van der Waals surface area (Å²) >= 11 is 0. The van der Waals surface area contributed by atoms with Gasteiger partial charge >= 0.3 is 0 Å². The van der Waals surface area contributed by atoms with Gasteiger partial charge in [-0.05, 0) is 61.4 Å². The number of nitrogens with zero attached hydrogens (tertiary/aromatic N) is 4. The number of rotatable bonds is 8. The number of piperidine rings is 1. The van der Waals surface area contributed by atoms with Gasteiger partial charge < -0.3 is 30.9 Å². The van der Waals surface area contributed by atoms with Gasteiger partial charge in [-0.25, -0.2) is 18.4 Å². The lowest BCUT2D eigenvalue weighted by molar-refractivity contribution is 0.0996. The van der Waals surface area contributed by atoms with E-state index < -0.39 is 15.7 Å². The van der Waals surface area contributed by atoms with Gasteiger partial charge in [-0.1, -0.05) is 0 Å². The maximum atomic E-state index is 12.1. The number of sulfone groups is 1. The molecule has 4 N–H and O–H groups in total. The van der Waals surface area contributed by atoms with Gasteiger partial charge in [0.15, 0.2) is 21.3 Å². The number of amides is 1. The van der Waals surface area contributed by atoms with Crippen LogP contribution in [0.25, 0.3) is 0 Å². The molecule has 1 amide bonds. The first-order valence-corrected chi connectivity index (χ1v) is 14.8. The zero-order valence-corrected chi connectivity index (χ0v) is 22.7. The van der Waals surface area contributed by atoms with Crippen LogP contribution < -0.4 is 30.9 Å². The Labute approximate surface area is 228 Å². The molecular weight excluding hydrogens is 518 g/mol. The molecule has 0 spiro atoms. The molecule has 39 heavy (non-hydrogen) atoms. The maximum absolute atomic E-state index is 12.1.